The van der Waals surface area contributed by atoms with Crippen LogP contribution in [0.2, 0.25) is 0 Å². The zero-order valence-corrected chi connectivity index (χ0v) is 12.6. The monoisotopic (exact) mass is 278 g/mol. The lowest BCUT2D eigenvalue weighted by Gasteiger charge is -2.21. The minimum absolute atomic E-state index is 0.0434. The van der Waals surface area contributed by atoms with Crippen LogP contribution in [0.15, 0.2) is 17.1 Å². The van der Waals surface area contributed by atoms with Gasteiger partial charge < -0.3 is 10.6 Å². The van der Waals surface area contributed by atoms with E-state index in [1.54, 1.807) is 12.3 Å². The average molecular weight is 278 g/mol. The van der Waals surface area contributed by atoms with Gasteiger partial charge in [-0.2, -0.15) is 5.10 Å². The van der Waals surface area contributed by atoms with Crippen LogP contribution < -0.4 is 16.2 Å². The minimum Gasteiger partial charge on any atom is -0.373 e. The molecule has 0 aromatic carbocycles. The van der Waals surface area contributed by atoms with Crippen molar-refractivity contribution in [3.63, 3.8) is 0 Å². The maximum Gasteiger partial charge on any atom is 0.268 e. The summed E-state index contributed by atoms with van der Waals surface area (Å²) in [6.45, 7) is 3.57. The van der Waals surface area contributed by atoms with Crippen molar-refractivity contribution in [2.45, 2.75) is 51.6 Å². The maximum atomic E-state index is 12.1. The Morgan fingerprint density at radius 1 is 1.50 bits per heavy atom. The fourth-order valence-electron chi connectivity index (χ4n) is 2.97. The SMILES string of the molecule is CCCN(C)c1cnn(CC(N)C2CCCC2)c(=O)c1. The van der Waals surface area contributed by atoms with E-state index < -0.39 is 0 Å². The normalized spacial score (nSPS) is 17.4. The highest BCUT2D eigenvalue weighted by Gasteiger charge is 2.22. The van der Waals surface area contributed by atoms with Crippen molar-refractivity contribution >= 4 is 5.69 Å². The van der Waals surface area contributed by atoms with Crippen molar-refractivity contribution in [3.05, 3.63) is 22.6 Å². The molecule has 0 radical (unpaired) electrons. The molecule has 112 valence electrons. The molecule has 20 heavy (non-hydrogen) atoms. The number of nitrogens with two attached hydrogens (primary N) is 1. The molecule has 1 aliphatic rings. The molecule has 5 heteroatoms. The summed E-state index contributed by atoms with van der Waals surface area (Å²) in [5.74, 6) is 0.547. The van der Waals surface area contributed by atoms with E-state index in [0.29, 0.717) is 12.5 Å². The molecule has 0 aliphatic heterocycles. The van der Waals surface area contributed by atoms with Crippen LogP contribution in [0.3, 0.4) is 0 Å². The third kappa shape index (κ3) is 3.60. The van der Waals surface area contributed by atoms with E-state index >= 15 is 0 Å². The summed E-state index contributed by atoms with van der Waals surface area (Å²) in [4.78, 5) is 14.2. The summed E-state index contributed by atoms with van der Waals surface area (Å²) in [6, 6.07) is 1.70. The second-order valence-corrected chi connectivity index (χ2v) is 5.86. The van der Waals surface area contributed by atoms with Crippen molar-refractivity contribution < 1.29 is 0 Å². The minimum atomic E-state index is -0.0566. The van der Waals surface area contributed by atoms with Gasteiger partial charge in [-0.05, 0) is 25.2 Å². The molecule has 1 aromatic heterocycles. The smallest absolute Gasteiger partial charge is 0.268 e. The molecule has 2 rings (SSSR count). The number of nitrogens with zero attached hydrogens (tertiary/aromatic N) is 3. The highest BCUT2D eigenvalue weighted by Crippen LogP contribution is 2.27. The van der Waals surface area contributed by atoms with Gasteiger partial charge in [-0.3, -0.25) is 4.79 Å². The fourth-order valence-corrected chi connectivity index (χ4v) is 2.97. The number of hydrogen-bond acceptors (Lipinski definition) is 4. The molecule has 0 amide bonds. The van der Waals surface area contributed by atoms with Gasteiger partial charge in [-0.15, -0.1) is 0 Å². The molecular weight excluding hydrogens is 252 g/mol. The van der Waals surface area contributed by atoms with E-state index in [0.717, 1.165) is 18.7 Å². The highest BCUT2D eigenvalue weighted by molar-refractivity contribution is 5.41. The molecule has 1 fully saturated rings. The van der Waals surface area contributed by atoms with Crippen LogP contribution in [0.4, 0.5) is 5.69 Å². The lowest BCUT2D eigenvalue weighted by molar-refractivity contribution is 0.366. The van der Waals surface area contributed by atoms with Crippen molar-refractivity contribution in [1.82, 2.24) is 9.78 Å². The molecule has 2 N–H and O–H groups in total. The van der Waals surface area contributed by atoms with Crippen LogP contribution in [0.1, 0.15) is 39.0 Å². The van der Waals surface area contributed by atoms with Gasteiger partial charge in [-0.1, -0.05) is 19.8 Å². The van der Waals surface area contributed by atoms with Gasteiger partial charge in [0.1, 0.15) is 0 Å². The van der Waals surface area contributed by atoms with Gasteiger partial charge >= 0.3 is 0 Å². The first-order valence-electron chi connectivity index (χ1n) is 7.65. The molecule has 0 spiro atoms. The first-order chi connectivity index (χ1) is 9.61. The Labute approximate surface area is 120 Å². The van der Waals surface area contributed by atoms with Gasteiger partial charge in [0, 0.05) is 25.7 Å². The molecule has 0 saturated heterocycles. The van der Waals surface area contributed by atoms with Crippen molar-refractivity contribution in [3.8, 4) is 0 Å². The molecule has 1 aromatic rings. The summed E-state index contributed by atoms with van der Waals surface area (Å²) < 4.78 is 1.51. The lowest BCUT2D eigenvalue weighted by Crippen LogP contribution is -2.38. The number of anilines is 1. The van der Waals surface area contributed by atoms with Crippen molar-refractivity contribution in [2.24, 2.45) is 11.7 Å². The number of hydrogen-bond donors (Lipinski definition) is 1. The summed E-state index contributed by atoms with van der Waals surface area (Å²) in [7, 11) is 1.98. The Balaban J connectivity index is 2.03. The molecule has 1 heterocycles. The van der Waals surface area contributed by atoms with E-state index in [9.17, 15) is 4.79 Å². The fraction of sp³-hybridized carbons (Fsp3) is 0.733. The van der Waals surface area contributed by atoms with Gasteiger partial charge in [-0.25, -0.2) is 4.68 Å². The second-order valence-electron chi connectivity index (χ2n) is 5.86. The van der Waals surface area contributed by atoms with Crippen LogP contribution in [0.25, 0.3) is 0 Å². The Kier molecular flexibility index (Phi) is 5.17. The van der Waals surface area contributed by atoms with Crippen LogP contribution >= 0.6 is 0 Å². The molecule has 5 nitrogen and oxygen atoms in total. The van der Waals surface area contributed by atoms with Gasteiger partial charge in [0.05, 0.1) is 18.4 Å². The predicted octanol–water partition coefficient (Wildman–Crippen LogP) is 1.61. The van der Waals surface area contributed by atoms with E-state index in [-0.39, 0.29) is 11.6 Å². The maximum absolute atomic E-state index is 12.1. The molecular formula is C15H26N4O. The van der Waals surface area contributed by atoms with Crippen LogP contribution in [0, 0.1) is 5.92 Å². The summed E-state index contributed by atoms with van der Waals surface area (Å²) in [5.41, 5.74) is 7.04. The first kappa shape index (κ1) is 15.0. The predicted molar refractivity (Wildman–Crippen MR) is 82.0 cm³/mol. The Morgan fingerprint density at radius 2 is 2.20 bits per heavy atom. The first-order valence-corrected chi connectivity index (χ1v) is 7.65. The zero-order chi connectivity index (χ0) is 14.5. The largest absolute Gasteiger partial charge is 0.373 e. The van der Waals surface area contributed by atoms with E-state index in [4.69, 9.17) is 5.73 Å². The van der Waals surface area contributed by atoms with Crippen molar-refractivity contribution in [1.29, 1.82) is 0 Å². The van der Waals surface area contributed by atoms with E-state index in [1.165, 1.54) is 30.4 Å². The number of aromatic nitrogens is 2. The zero-order valence-electron chi connectivity index (χ0n) is 12.6. The van der Waals surface area contributed by atoms with Gasteiger partial charge in [0.25, 0.3) is 5.56 Å². The summed E-state index contributed by atoms with van der Waals surface area (Å²) >= 11 is 0. The highest BCUT2D eigenvalue weighted by atomic mass is 16.1. The quantitative estimate of drug-likeness (QED) is 0.858. The van der Waals surface area contributed by atoms with E-state index in [1.807, 2.05) is 7.05 Å². The number of rotatable bonds is 6. The summed E-state index contributed by atoms with van der Waals surface area (Å²) in [6.07, 6.45) is 7.72. The molecule has 1 atom stereocenters. The Bertz CT molecular complexity index is 479. The van der Waals surface area contributed by atoms with Crippen LogP contribution in [0.5, 0.6) is 0 Å². The van der Waals surface area contributed by atoms with E-state index in [2.05, 4.69) is 16.9 Å². The van der Waals surface area contributed by atoms with Crippen LogP contribution in [-0.2, 0) is 6.54 Å². The standard InChI is InChI=1S/C15H26N4O/c1-3-8-18(2)13-9-15(20)19(17-10-13)11-14(16)12-6-4-5-7-12/h9-10,12,14H,3-8,11,16H2,1-2H3. The molecule has 1 saturated carbocycles. The van der Waals surface area contributed by atoms with Gasteiger partial charge in [0.15, 0.2) is 0 Å². The lowest BCUT2D eigenvalue weighted by atomic mass is 9.99. The molecule has 0 bridgehead atoms. The van der Waals surface area contributed by atoms with Gasteiger partial charge in [0.2, 0.25) is 0 Å². The average Bonchev–Trinajstić information content (AvgIpc) is 2.95. The van der Waals surface area contributed by atoms with Crippen molar-refractivity contribution in [2.75, 3.05) is 18.5 Å². The third-order valence-corrected chi connectivity index (χ3v) is 4.24. The molecule has 1 aliphatic carbocycles. The topological polar surface area (TPSA) is 64.2 Å². The second kappa shape index (κ2) is 6.88. The molecule has 1 unspecified atom stereocenters. The summed E-state index contributed by atoms with van der Waals surface area (Å²) in [5, 5.41) is 4.28. The Hall–Kier alpha value is -1.36. The third-order valence-electron chi connectivity index (χ3n) is 4.24. The Morgan fingerprint density at radius 3 is 2.80 bits per heavy atom. The van der Waals surface area contributed by atoms with Crippen LogP contribution in [-0.4, -0.2) is 29.4 Å².